The number of hydrogen-bond donors (Lipinski definition) is 2. The van der Waals surface area contributed by atoms with Gasteiger partial charge in [-0.25, -0.2) is 0 Å². The average molecular weight is 411 g/mol. The lowest BCUT2D eigenvalue weighted by molar-refractivity contribution is 1.14. The Morgan fingerprint density at radius 3 is 0.742 bits per heavy atom. The summed E-state index contributed by atoms with van der Waals surface area (Å²) in [4.78, 5) is 0. The Morgan fingerprint density at radius 2 is 0.516 bits per heavy atom. The van der Waals surface area contributed by atoms with Crippen molar-refractivity contribution in [2.45, 2.75) is 19.3 Å². The molecule has 4 rings (SSSR count). The molecule has 2 nitrogen and oxygen atoms in total. The van der Waals surface area contributed by atoms with Gasteiger partial charge in [-0.1, -0.05) is 109 Å². The van der Waals surface area contributed by atoms with Gasteiger partial charge in [-0.15, -0.1) is 0 Å². The molecule has 0 amide bonds. The lowest BCUT2D eigenvalue weighted by Gasteiger charge is -2.07. The van der Waals surface area contributed by atoms with Crippen LogP contribution in [0.25, 0.3) is 0 Å². The van der Waals surface area contributed by atoms with Crippen molar-refractivity contribution in [2.75, 3.05) is 14.1 Å². The molecular formula is C29H34N2. The molecule has 160 valence electrons. The minimum Gasteiger partial charge on any atom is -0.333 e. The van der Waals surface area contributed by atoms with Gasteiger partial charge < -0.3 is 11.5 Å². The maximum absolute atomic E-state index is 4.50. The third kappa shape index (κ3) is 8.21. The van der Waals surface area contributed by atoms with E-state index in [9.17, 15) is 0 Å². The van der Waals surface area contributed by atoms with Crippen LogP contribution in [-0.2, 0) is 19.3 Å². The van der Waals surface area contributed by atoms with Gasteiger partial charge in [0.05, 0.1) is 0 Å². The van der Waals surface area contributed by atoms with Crippen LogP contribution in [0.1, 0.15) is 33.4 Å². The van der Waals surface area contributed by atoms with Crippen LogP contribution in [0.5, 0.6) is 0 Å². The highest BCUT2D eigenvalue weighted by Gasteiger charge is 2.01. The van der Waals surface area contributed by atoms with Gasteiger partial charge in [0.2, 0.25) is 0 Å². The van der Waals surface area contributed by atoms with E-state index in [1.807, 2.05) is 0 Å². The van der Waals surface area contributed by atoms with Gasteiger partial charge in [-0.3, -0.25) is 0 Å². The second-order valence-electron chi connectivity index (χ2n) is 7.13. The molecule has 0 aliphatic heterocycles. The van der Waals surface area contributed by atoms with E-state index in [0.717, 1.165) is 19.3 Å². The quantitative estimate of drug-likeness (QED) is 0.434. The van der Waals surface area contributed by atoms with E-state index < -0.39 is 0 Å². The molecule has 4 aromatic rings. The van der Waals surface area contributed by atoms with Gasteiger partial charge in [0.1, 0.15) is 0 Å². The maximum atomic E-state index is 4.50. The predicted octanol–water partition coefficient (Wildman–Crippen LogP) is 5.61. The van der Waals surface area contributed by atoms with Crippen molar-refractivity contribution in [3.8, 4) is 0 Å². The summed E-state index contributed by atoms with van der Waals surface area (Å²) in [6.07, 6.45) is 2.97. The molecule has 0 fully saturated rings. The molecule has 0 saturated carbocycles. The van der Waals surface area contributed by atoms with E-state index >= 15 is 0 Å². The molecule has 4 aromatic carbocycles. The first-order valence-corrected chi connectivity index (χ1v) is 10.7. The topological polar surface area (TPSA) is 52.0 Å². The van der Waals surface area contributed by atoms with Gasteiger partial charge in [0.15, 0.2) is 0 Å². The largest absolute Gasteiger partial charge is 0.333 e. The fourth-order valence-corrected chi connectivity index (χ4v) is 3.45. The van der Waals surface area contributed by atoms with E-state index in [0.29, 0.717) is 0 Å². The number of hydrogen-bond acceptors (Lipinski definition) is 2. The van der Waals surface area contributed by atoms with Crippen LogP contribution in [0.3, 0.4) is 0 Å². The van der Waals surface area contributed by atoms with Crippen LogP contribution < -0.4 is 11.5 Å². The fraction of sp³-hybridized carbons (Fsp3) is 0.172. The van der Waals surface area contributed by atoms with Crippen LogP contribution in [0.15, 0.2) is 109 Å². The van der Waals surface area contributed by atoms with Crippen molar-refractivity contribution in [2.24, 2.45) is 11.5 Å². The summed E-state index contributed by atoms with van der Waals surface area (Å²) in [6, 6.07) is 39.3. The van der Waals surface area contributed by atoms with Gasteiger partial charge in [-0.2, -0.15) is 0 Å². The molecule has 0 aromatic heterocycles. The van der Waals surface area contributed by atoms with E-state index in [1.54, 1.807) is 0 Å². The van der Waals surface area contributed by atoms with Crippen molar-refractivity contribution in [1.29, 1.82) is 0 Å². The summed E-state index contributed by atoms with van der Waals surface area (Å²) in [6.45, 7) is 0. The van der Waals surface area contributed by atoms with E-state index in [2.05, 4.69) is 121 Å². The molecule has 0 bridgehead atoms. The molecule has 0 radical (unpaired) electrons. The highest BCUT2D eigenvalue weighted by molar-refractivity contribution is 5.34. The highest BCUT2D eigenvalue weighted by Crippen LogP contribution is 2.16. The minimum absolute atomic E-state index is 0.983. The van der Waals surface area contributed by atoms with Crippen LogP contribution >= 0.6 is 0 Å². The molecule has 0 atom stereocenters. The third-order valence-corrected chi connectivity index (χ3v) is 4.96. The highest BCUT2D eigenvalue weighted by atomic mass is 14.4. The molecule has 0 spiro atoms. The summed E-state index contributed by atoms with van der Waals surface area (Å²) in [7, 11) is 3.00. The second kappa shape index (κ2) is 13.9. The maximum Gasteiger partial charge on any atom is -0.00258 e. The summed E-state index contributed by atoms with van der Waals surface area (Å²) in [5.74, 6) is 0. The smallest absolute Gasteiger partial charge is 0.00258 e. The molecule has 0 heterocycles. The van der Waals surface area contributed by atoms with Gasteiger partial charge in [0.25, 0.3) is 0 Å². The van der Waals surface area contributed by atoms with Crippen molar-refractivity contribution in [3.63, 3.8) is 0 Å². The fourth-order valence-electron chi connectivity index (χ4n) is 3.45. The van der Waals surface area contributed by atoms with E-state index in [4.69, 9.17) is 0 Å². The predicted molar refractivity (Wildman–Crippen MR) is 134 cm³/mol. The SMILES string of the molecule is CN.CN.c1ccc(Cc2ccc(Cc3ccc(Cc4ccccc4)cc3)cc2)cc1. The Morgan fingerprint density at radius 1 is 0.323 bits per heavy atom. The molecule has 2 heteroatoms. The Bertz CT molecular complexity index is 878. The van der Waals surface area contributed by atoms with Crippen molar-refractivity contribution in [3.05, 3.63) is 143 Å². The van der Waals surface area contributed by atoms with E-state index in [1.165, 1.54) is 47.5 Å². The molecule has 4 N–H and O–H groups in total. The summed E-state index contributed by atoms with van der Waals surface area (Å²) >= 11 is 0. The number of rotatable bonds is 6. The lowest BCUT2D eigenvalue weighted by atomic mass is 9.98. The lowest BCUT2D eigenvalue weighted by Crippen LogP contribution is -1.92. The Hall–Kier alpha value is -3.20. The Kier molecular flexibility index (Phi) is 10.8. The summed E-state index contributed by atoms with van der Waals surface area (Å²) < 4.78 is 0. The van der Waals surface area contributed by atoms with Crippen molar-refractivity contribution < 1.29 is 0 Å². The molecule has 0 aliphatic rings. The molecule has 0 unspecified atom stereocenters. The van der Waals surface area contributed by atoms with Crippen molar-refractivity contribution in [1.82, 2.24) is 0 Å². The standard InChI is InChI=1S/C27H24.2CH5N/c1-3-7-22(8-4-1)19-24-11-15-26(16-12-24)21-27-17-13-25(14-18-27)20-23-9-5-2-6-10-23;2*1-2/h1-18H,19-21H2;2*2H2,1H3. The zero-order valence-electron chi connectivity index (χ0n) is 18.7. The zero-order chi connectivity index (χ0) is 22.3. The first kappa shape index (κ1) is 24.1. The van der Waals surface area contributed by atoms with Crippen LogP contribution in [0.2, 0.25) is 0 Å². The average Bonchev–Trinajstić information content (AvgIpc) is 2.85. The zero-order valence-corrected chi connectivity index (χ0v) is 18.7. The second-order valence-corrected chi connectivity index (χ2v) is 7.13. The number of nitrogens with two attached hydrogens (primary N) is 2. The van der Waals surface area contributed by atoms with Gasteiger partial charge in [-0.05, 0) is 66.7 Å². The monoisotopic (exact) mass is 410 g/mol. The molecule has 0 saturated heterocycles. The molecular weight excluding hydrogens is 376 g/mol. The Labute approximate surface area is 187 Å². The normalized spacial score (nSPS) is 9.68. The van der Waals surface area contributed by atoms with Crippen LogP contribution in [-0.4, -0.2) is 14.1 Å². The molecule has 0 aliphatic carbocycles. The van der Waals surface area contributed by atoms with Crippen LogP contribution in [0.4, 0.5) is 0 Å². The van der Waals surface area contributed by atoms with Gasteiger partial charge in [0, 0.05) is 0 Å². The number of benzene rings is 4. The van der Waals surface area contributed by atoms with Crippen LogP contribution in [0, 0.1) is 0 Å². The first-order valence-electron chi connectivity index (χ1n) is 10.7. The molecule has 31 heavy (non-hydrogen) atoms. The Balaban J connectivity index is 0.000000807. The van der Waals surface area contributed by atoms with E-state index in [-0.39, 0.29) is 0 Å². The first-order chi connectivity index (χ1) is 15.3. The van der Waals surface area contributed by atoms with Gasteiger partial charge >= 0.3 is 0 Å². The summed E-state index contributed by atoms with van der Waals surface area (Å²) in [5, 5.41) is 0. The minimum atomic E-state index is 0.983. The van der Waals surface area contributed by atoms with Crippen molar-refractivity contribution >= 4 is 0 Å². The third-order valence-electron chi connectivity index (χ3n) is 4.96. The summed E-state index contributed by atoms with van der Waals surface area (Å²) in [5.41, 5.74) is 17.2.